The van der Waals surface area contributed by atoms with E-state index in [1.54, 1.807) is 19.9 Å². The highest BCUT2D eigenvalue weighted by atomic mass is 79.9. The molecular weight excluding hydrogens is 518 g/mol. The minimum absolute atomic E-state index is 0.178. The maximum Gasteiger partial charge on any atom is 0.338 e. The second kappa shape index (κ2) is 10.5. The molecule has 34 heavy (non-hydrogen) atoms. The minimum atomic E-state index is -0.481. The van der Waals surface area contributed by atoms with E-state index in [1.165, 1.54) is 11.8 Å². The van der Waals surface area contributed by atoms with E-state index < -0.39 is 12.0 Å². The molecule has 0 radical (unpaired) electrons. The van der Waals surface area contributed by atoms with Gasteiger partial charge in [0, 0.05) is 21.9 Å². The molecule has 0 unspecified atom stereocenters. The van der Waals surface area contributed by atoms with Gasteiger partial charge in [0.1, 0.15) is 5.75 Å². The number of carbonyl (C=O) groups excluding carboxylic acids is 2. The predicted octanol–water partition coefficient (Wildman–Crippen LogP) is 5.54. The number of thioether (sulfide) groups is 1. The van der Waals surface area contributed by atoms with Gasteiger partial charge >= 0.3 is 5.97 Å². The average Bonchev–Trinajstić information content (AvgIpc) is 3.27. The van der Waals surface area contributed by atoms with Gasteiger partial charge in [0.15, 0.2) is 11.8 Å². The van der Waals surface area contributed by atoms with E-state index in [-0.39, 0.29) is 19.1 Å². The first kappa shape index (κ1) is 24.1. The Morgan fingerprint density at radius 1 is 1.21 bits per heavy atom. The summed E-state index contributed by atoms with van der Waals surface area (Å²) in [6, 6.07) is 12.6. The van der Waals surface area contributed by atoms with E-state index in [2.05, 4.69) is 26.2 Å². The zero-order valence-corrected chi connectivity index (χ0v) is 21.4. The molecule has 176 valence electrons. The second-order valence-electron chi connectivity index (χ2n) is 7.66. The van der Waals surface area contributed by atoms with Crippen molar-refractivity contribution in [1.82, 2.24) is 4.90 Å². The number of hydrogen-bond acceptors (Lipinski definition) is 7. The van der Waals surface area contributed by atoms with Crippen LogP contribution in [0.25, 0.3) is 0 Å². The summed E-state index contributed by atoms with van der Waals surface area (Å²) in [5.74, 6) is -0.187. The Balaban J connectivity index is 1.59. The average molecular weight is 542 g/mol. The lowest BCUT2D eigenvalue weighted by atomic mass is 9.94. The van der Waals surface area contributed by atoms with Gasteiger partial charge in [-0.2, -0.15) is 0 Å². The van der Waals surface area contributed by atoms with Crippen molar-refractivity contribution in [3.8, 4) is 5.75 Å². The van der Waals surface area contributed by atoms with Gasteiger partial charge in [-0.1, -0.05) is 45.9 Å². The number of allylic oxidation sites excluding steroid dienone is 1. The molecular formula is C25H24BrN3O4S. The summed E-state index contributed by atoms with van der Waals surface area (Å²) in [6.45, 7) is 5.58. The van der Waals surface area contributed by atoms with Gasteiger partial charge in [-0.3, -0.25) is 4.79 Å². The summed E-state index contributed by atoms with van der Waals surface area (Å²) in [7, 11) is 0. The first-order valence-corrected chi connectivity index (χ1v) is 12.4. The molecule has 1 amide bonds. The number of nitrogens with zero attached hydrogens (tertiary/aromatic N) is 2. The summed E-state index contributed by atoms with van der Waals surface area (Å²) in [6.07, 6.45) is 1.89. The molecule has 2 aromatic rings. The van der Waals surface area contributed by atoms with Gasteiger partial charge < -0.3 is 19.7 Å². The number of benzene rings is 2. The van der Waals surface area contributed by atoms with Crippen molar-refractivity contribution in [2.75, 3.05) is 18.5 Å². The van der Waals surface area contributed by atoms with Crippen LogP contribution in [0.1, 0.15) is 31.0 Å². The van der Waals surface area contributed by atoms with E-state index in [0.717, 1.165) is 26.5 Å². The number of para-hydroxylation sites is 1. The van der Waals surface area contributed by atoms with E-state index in [9.17, 15) is 9.59 Å². The number of nitrogens with one attached hydrogen (secondary N) is 1. The van der Waals surface area contributed by atoms with Crippen molar-refractivity contribution >= 4 is 50.4 Å². The number of amidine groups is 1. The zero-order valence-electron chi connectivity index (χ0n) is 19.0. The maximum atomic E-state index is 12.9. The highest BCUT2D eigenvalue weighted by molar-refractivity contribution is 9.10. The molecule has 1 N–H and O–H groups in total. The molecule has 2 aliphatic rings. The van der Waals surface area contributed by atoms with E-state index in [1.807, 2.05) is 59.8 Å². The third kappa shape index (κ3) is 5.05. The van der Waals surface area contributed by atoms with Crippen LogP contribution in [0.4, 0.5) is 5.69 Å². The van der Waals surface area contributed by atoms with Crippen molar-refractivity contribution in [3.63, 3.8) is 0 Å². The number of anilines is 1. The van der Waals surface area contributed by atoms with Crippen LogP contribution >= 0.6 is 27.7 Å². The standard InChI is InChI=1S/C25H24BrN3O4S/c1-4-32-24(31)22-16(3)27-25-29(11-12-34-25)23(22)18-7-5-6-8-20(18)33-14-21(30)28-19-10-9-17(26)13-15(19)2/h5-13,23H,4,14H2,1-3H3,(H,28,30)/t23-/m0/s1. The Morgan fingerprint density at radius 3 is 2.76 bits per heavy atom. The Hall–Kier alpha value is -3.04. The van der Waals surface area contributed by atoms with Gasteiger partial charge in [0.2, 0.25) is 0 Å². The van der Waals surface area contributed by atoms with Crippen molar-refractivity contribution < 1.29 is 19.1 Å². The number of halogens is 1. The first-order chi connectivity index (χ1) is 16.4. The SMILES string of the molecule is CCOC(=O)C1=C(C)N=C2SC=CN2[C@H]1c1ccccc1OCC(=O)Nc1ccc(Br)cc1C. The number of ether oxygens (including phenoxy) is 2. The molecule has 2 aromatic carbocycles. The van der Waals surface area contributed by atoms with Crippen molar-refractivity contribution in [2.45, 2.75) is 26.8 Å². The van der Waals surface area contributed by atoms with E-state index in [0.29, 0.717) is 17.0 Å². The number of amides is 1. The van der Waals surface area contributed by atoms with Crippen LogP contribution in [0.15, 0.2) is 74.8 Å². The van der Waals surface area contributed by atoms with Gasteiger partial charge in [-0.05, 0) is 56.0 Å². The molecule has 0 bridgehead atoms. The second-order valence-corrected chi connectivity index (χ2v) is 9.45. The third-order valence-corrected chi connectivity index (χ3v) is 6.61. The van der Waals surface area contributed by atoms with Crippen molar-refractivity contribution in [3.05, 3.63) is 80.9 Å². The quantitative estimate of drug-likeness (QED) is 0.463. The molecule has 2 heterocycles. The monoisotopic (exact) mass is 541 g/mol. The predicted molar refractivity (Wildman–Crippen MR) is 138 cm³/mol. The van der Waals surface area contributed by atoms with Gasteiger partial charge in [-0.15, -0.1) is 0 Å². The number of esters is 1. The van der Waals surface area contributed by atoms with Crippen LogP contribution in [0.5, 0.6) is 5.75 Å². The number of fused-ring (bicyclic) bond motifs is 1. The lowest BCUT2D eigenvalue weighted by Crippen LogP contribution is -2.34. The fourth-order valence-electron chi connectivity index (χ4n) is 3.81. The van der Waals surface area contributed by atoms with Crippen LogP contribution in [0, 0.1) is 6.92 Å². The van der Waals surface area contributed by atoms with Crippen LogP contribution in [-0.2, 0) is 14.3 Å². The smallest absolute Gasteiger partial charge is 0.338 e. The maximum absolute atomic E-state index is 12.9. The third-order valence-electron chi connectivity index (χ3n) is 5.35. The Labute approximate surface area is 211 Å². The molecule has 0 saturated carbocycles. The molecule has 4 rings (SSSR count). The summed E-state index contributed by atoms with van der Waals surface area (Å²) in [5.41, 5.74) is 3.46. The van der Waals surface area contributed by atoms with Crippen LogP contribution < -0.4 is 10.1 Å². The lowest BCUT2D eigenvalue weighted by Gasteiger charge is -2.34. The van der Waals surface area contributed by atoms with E-state index >= 15 is 0 Å². The number of rotatable bonds is 7. The van der Waals surface area contributed by atoms with Gasteiger partial charge in [-0.25, -0.2) is 9.79 Å². The number of aryl methyl sites for hydroxylation is 1. The fourth-order valence-corrected chi connectivity index (χ4v) is 5.08. The van der Waals surface area contributed by atoms with Crippen LogP contribution in [0.2, 0.25) is 0 Å². The van der Waals surface area contributed by atoms with Crippen LogP contribution in [-0.4, -0.2) is 35.2 Å². The normalized spacial score (nSPS) is 16.8. The molecule has 1 atom stereocenters. The Morgan fingerprint density at radius 2 is 2.00 bits per heavy atom. The molecule has 0 saturated heterocycles. The zero-order chi connectivity index (χ0) is 24.2. The topological polar surface area (TPSA) is 80.2 Å². The number of carbonyl (C=O) groups is 2. The summed E-state index contributed by atoms with van der Waals surface area (Å²) in [4.78, 5) is 32.0. The molecule has 0 aromatic heterocycles. The number of aliphatic imine (C=N–C) groups is 1. The minimum Gasteiger partial charge on any atom is -0.483 e. The largest absolute Gasteiger partial charge is 0.483 e. The number of hydrogen-bond donors (Lipinski definition) is 1. The van der Waals surface area contributed by atoms with E-state index in [4.69, 9.17) is 9.47 Å². The first-order valence-electron chi connectivity index (χ1n) is 10.7. The molecule has 9 heteroatoms. The molecule has 0 spiro atoms. The molecule has 0 aliphatic carbocycles. The highest BCUT2D eigenvalue weighted by Crippen LogP contribution is 2.43. The lowest BCUT2D eigenvalue weighted by molar-refractivity contribution is -0.139. The summed E-state index contributed by atoms with van der Waals surface area (Å²) in [5, 5.41) is 5.58. The Kier molecular flexibility index (Phi) is 7.43. The molecule has 0 fully saturated rings. The highest BCUT2D eigenvalue weighted by Gasteiger charge is 2.38. The molecule has 7 nitrogen and oxygen atoms in total. The van der Waals surface area contributed by atoms with Gasteiger partial charge in [0.25, 0.3) is 5.91 Å². The van der Waals surface area contributed by atoms with Gasteiger partial charge in [0.05, 0.1) is 23.9 Å². The summed E-state index contributed by atoms with van der Waals surface area (Å²) >= 11 is 4.91. The van der Waals surface area contributed by atoms with Crippen molar-refractivity contribution in [1.29, 1.82) is 0 Å². The fraction of sp³-hybridized carbons (Fsp3) is 0.240. The Bertz CT molecular complexity index is 1220. The molecule has 2 aliphatic heterocycles. The van der Waals surface area contributed by atoms with Crippen LogP contribution in [0.3, 0.4) is 0 Å². The van der Waals surface area contributed by atoms with Crippen molar-refractivity contribution in [2.24, 2.45) is 4.99 Å². The summed E-state index contributed by atoms with van der Waals surface area (Å²) < 4.78 is 12.3.